The molecule has 4 rings (SSSR count). The van der Waals surface area contributed by atoms with Crippen LogP contribution in [0.2, 0.25) is 0 Å². The van der Waals surface area contributed by atoms with Crippen LogP contribution in [0.25, 0.3) is 0 Å². The van der Waals surface area contributed by atoms with Crippen molar-refractivity contribution in [3.05, 3.63) is 23.8 Å². The highest BCUT2D eigenvalue weighted by Crippen LogP contribution is 2.76. The van der Waals surface area contributed by atoms with Crippen molar-refractivity contribution in [3.63, 3.8) is 0 Å². The molecule has 7 atom stereocenters. The Hall–Kier alpha value is -1.79. The second-order valence-electron chi connectivity index (χ2n) is 12.0. The van der Waals surface area contributed by atoms with Crippen LogP contribution < -0.4 is 0 Å². The van der Waals surface area contributed by atoms with E-state index in [-0.39, 0.29) is 30.3 Å². The molecule has 0 aromatic heterocycles. The minimum absolute atomic E-state index is 0.00866. The summed E-state index contributed by atoms with van der Waals surface area (Å²) < 4.78 is 5.32. The van der Waals surface area contributed by atoms with Gasteiger partial charge >= 0.3 is 5.97 Å². The highest BCUT2D eigenvalue weighted by atomic mass is 16.5. The second kappa shape index (κ2) is 6.20. The third-order valence-electron chi connectivity index (χ3n) is 10.1. The Balaban J connectivity index is 2.06. The summed E-state index contributed by atoms with van der Waals surface area (Å²) in [5.41, 5.74) is -5.11. The molecule has 0 radical (unpaired) electrons. The van der Waals surface area contributed by atoms with Crippen LogP contribution in [-0.2, 0) is 19.1 Å². The summed E-state index contributed by atoms with van der Waals surface area (Å²) in [4.78, 5) is 40.0. The molecule has 6 nitrogen and oxygen atoms in total. The van der Waals surface area contributed by atoms with Gasteiger partial charge in [0.1, 0.15) is 11.4 Å². The third-order valence-corrected chi connectivity index (χ3v) is 10.1. The van der Waals surface area contributed by atoms with Gasteiger partial charge in [0.25, 0.3) is 0 Å². The maximum Gasteiger partial charge on any atom is 0.316 e. The van der Waals surface area contributed by atoms with Crippen molar-refractivity contribution in [2.45, 2.75) is 78.9 Å². The molecule has 0 heterocycles. The Kier molecular flexibility index (Phi) is 4.53. The molecule has 0 aromatic carbocycles. The molecule has 0 amide bonds. The SMILES string of the molecule is C=C1[C@@]2(C)C[C@H]3[C@@]4(C)C(=CC[C@]3(C)[C@]1(C(=O)OC)C[C@@](C)(O)C2=O)C(C)(C)C(=O)C[C@H]4O. The van der Waals surface area contributed by atoms with Crippen molar-refractivity contribution < 1.29 is 29.3 Å². The number of aliphatic hydroxyl groups excluding tert-OH is 1. The van der Waals surface area contributed by atoms with E-state index in [9.17, 15) is 24.6 Å². The van der Waals surface area contributed by atoms with E-state index in [0.29, 0.717) is 18.4 Å². The van der Waals surface area contributed by atoms with Gasteiger partial charge in [0.15, 0.2) is 5.78 Å². The molecule has 3 saturated carbocycles. The van der Waals surface area contributed by atoms with Crippen molar-refractivity contribution in [1.82, 2.24) is 0 Å². The minimum atomic E-state index is -1.70. The number of ether oxygens (including phenoxy) is 1. The highest BCUT2D eigenvalue weighted by molar-refractivity contribution is 6.00. The summed E-state index contributed by atoms with van der Waals surface area (Å²) in [6.07, 6.45) is 1.81. The lowest BCUT2D eigenvalue weighted by Crippen LogP contribution is -2.73. The van der Waals surface area contributed by atoms with Gasteiger partial charge < -0.3 is 14.9 Å². The predicted molar refractivity (Wildman–Crippen MR) is 118 cm³/mol. The molecular formula is C26H36O6. The van der Waals surface area contributed by atoms with Crippen molar-refractivity contribution in [2.24, 2.45) is 33.0 Å². The van der Waals surface area contributed by atoms with Crippen LogP contribution in [0.1, 0.15) is 67.2 Å². The first-order chi connectivity index (χ1) is 14.5. The van der Waals surface area contributed by atoms with E-state index >= 15 is 0 Å². The largest absolute Gasteiger partial charge is 0.468 e. The van der Waals surface area contributed by atoms with Crippen molar-refractivity contribution in [3.8, 4) is 0 Å². The van der Waals surface area contributed by atoms with Gasteiger partial charge in [-0.2, -0.15) is 0 Å². The fourth-order valence-corrected chi connectivity index (χ4v) is 8.25. The number of hydrogen-bond acceptors (Lipinski definition) is 6. The first-order valence-electron chi connectivity index (χ1n) is 11.5. The Morgan fingerprint density at radius 2 is 1.75 bits per heavy atom. The van der Waals surface area contributed by atoms with E-state index in [1.165, 1.54) is 14.0 Å². The molecular weight excluding hydrogens is 408 g/mol. The predicted octanol–water partition coefficient (Wildman–Crippen LogP) is 3.15. The molecule has 4 aliphatic rings. The summed E-state index contributed by atoms with van der Waals surface area (Å²) in [7, 11) is 1.32. The number of rotatable bonds is 1. The van der Waals surface area contributed by atoms with Gasteiger partial charge in [-0.05, 0) is 57.4 Å². The van der Waals surface area contributed by atoms with Gasteiger partial charge in [-0.15, -0.1) is 0 Å². The van der Waals surface area contributed by atoms with Crippen LogP contribution >= 0.6 is 0 Å². The van der Waals surface area contributed by atoms with E-state index in [1.54, 1.807) is 6.92 Å². The van der Waals surface area contributed by atoms with Gasteiger partial charge in [-0.3, -0.25) is 14.4 Å². The third kappa shape index (κ3) is 2.26. The first-order valence-corrected chi connectivity index (χ1v) is 11.5. The van der Waals surface area contributed by atoms with Crippen LogP contribution in [-0.4, -0.2) is 46.6 Å². The topological polar surface area (TPSA) is 101 Å². The van der Waals surface area contributed by atoms with Gasteiger partial charge in [-0.25, -0.2) is 0 Å². The first kappa shape index (κ1) is 23.4. The molecule has 0 aliphatic heterocycles. The molecule has 0 spiro atoms. The zero-order valence-corrected chi connectivity index (χ0v) is 20.3. The molecule has 2 N–H and O–H groups in total. The standard InChI is InChI=1S/C26H36O6/c1-14-22(4)12-16-23(5,26(14,20(30)32-8)13-24(6,31)19(22)29)10-9-15-21(2,3)17(27)11-18(28)25(15,16)7/h9,16,18,28,31H,1,10-13H2,2-8H3/t16-,18-,22-,23+,24-,25-,26-/m1/s1. The molecule has 4 aliphatic carbocycles. The number of Topliss-reactive ketones (excluding diaryl/α,β-unsaturated/α-hetero) is 2. The Morgan fingerprint density at radius 3 is 2.31 bits per heavy atom. The molecule has 3 fully saturated rings. The smallest absolute Gasteiger partial charge is 0.316 e. The number of hydrogen-bond donors (Lipinski definition) is 2. The summed E-state index contributed by atoms with van der Waals surface area (Å²) in [6.45, 7) is 15.3. The molecule has 176 valence electrons. The fourth-order valence-electron chi connectivity index (χ4n) is 8.25. The minimum Gasteiger partial charge on any atom is -0.468 e. The maximum atomic E-state index is 13.6. The Labute approximate surface area is 190 Å². The van der Waals surface area contributed by atoms with Crippen molar-refractivity contribution >= 4 is 17.5 Å². The average Bonchev–Trinajstić information content (AvgIpc) is 2.70. The van der Waals surface area contributed by atoms with Crippen LogP contribution in [0.4, 0.5) is 0 Å². The van der Waals surface area contributed by atoms with Crippen LogP contribution in [0.15, 0.2) is 23.8 Å². The molecule has 6 heteroatoms. The highest BCUT2D eigenvalue weighted by Gasteiger charge is 2.77. The number of aliphatic hydroxyl groups is 2. The molecule has 2 bridgehead atoms. The summed E-state index contributed by atoms with van der Waals surface area (Å²) in [6, 6.07) is 0. The van der Waals surface area contributed by atoms with E-state index < -0.39 is 44.7 Å². The zero-order valence-electron chi connectivity index (χ0n) is 20.3. The Morgan fingerprint density at radius 1 is 1.16 bits per heavy atom. The number of allylic oxidation sites excluding steroid dienone is 1. The number of ketones is 2. The molecule has 32 heavy (non-hydrogen) atoms. The number of methoxy groups -OCH3 is 1. The summed E-state index contributed by atoms with van der Waals surface area (Å²) >= 11 is 0. The van der Waals surface area contributed by atoms with Gasteiger partial charge in [0, 0.05) is 23.7 Å². The van der Waals surface area contributed by atoms with Gasteiger partial charge in [0.2, 0.25) is 0 Å². The molecule has 0 unspecified atom stereocenters. The Bertz CT molecular complexity index is 988. The fraction of sp³-hybridized carbons (Fsp3) is 0.731. The maximum absolute atomic E-state index is 13.6. The van der Waals surface area contributed by atoms with E-state index in [2.05, 4.69) is 6.58 Å². The van der Waals surface area contributed by atoms with Crippen LogP contribution in [0.3, 0.4) is 0 Å². The monoisotopic (exact) mass is 444 g/mol. The van der Waals surface area contributed by atoms with Crippen LogP contribution in [0, 0.1) is 33.0 Å². The van der Waals surface area contributed by atoms with Gasteiger partial charge in [-0.1, -0.05) is 32.1 Å². The van der Waals surface area contributed by atoms with E-state index in [4.69, 9.17) is 4.74 Å². The number of carbonyl (C=O) groups is 3. The van der Waals surface area contributed by atoms with Crippen LogP contribution in [0.5, 0.6) is 0 Å². The number of fused-ring (bicyclic) bond motifs is 6. The quantitative estimate of drug-likeness (QED) is 0.476. The van der Waals surface area contributed by atoms with E-state index in [0.717, 1.165) is 5.57 Å². The second-order valence-corrected chi connectivity index (χ2v) is 12.0. The summed E-state index contributed by atoms with van der Waals surface area (Å²) in [5.74, 6) is -1.16. The molecule has 0 saturated heterocycles. The normalized spacial score (nSPS) is 49.7. The average molecular weight is 445 g/mol. The lowest BCUT2D eigenvalue weighted by atomic mass is 9.32. The number of esters is 1. The summed E-state index contributed by atoms with van der Waals surface area (Å²) in [5, 5.41) is 22.6. The molecule has 0 aromatic rings. The lowest BCUT2D eigenvalue weighted by Gasteiger charge is -2.70. The van der Waals surface area contributed by atoms with Gasteiger partial charge in [0.05, 0.1) is 24.0 Å². The lowest BCUT2D eigenvalue weighted by molar-refractivity contribution is -0.210. The number of carbonyl (C=O) groups excluding carboxylic acids is 3. The van der Waals surface area contributed by atoms with Crippen molar-refractivity contribution in [1.29, 1.82) is 0 Å². The van der Waals surface area contributed by atoms with Crippen molar-refractivity contribution in [2.75, 3.05) is 7.11 Å². The van der Waals surface area contributed by atoms with E-state index in [1.807, 2.05) is 33.8 Å². The zero-order chi connectivity index (χ0) is 24.3.